The van der Waals surface area contributed by atoms with Gasteiger partial charge in [0.1, 0.15) is 0 Å². The molecule has 0 aromatic heterocycles. The highest BCUT2D eigenvalue weighted by molar-refractivity contribution is 5.89. The molecule has 4 heteroatoms. The average molecular weight is 328 g/mol. The van der Waals surface area contributed by atoms with Gasteiger partial charge in [-0.05, 0) is 38.2 Å². The van der Waals surface area contributed by atoms with Gasteiger partial charge >= 0.3 is 0 Å². The molecule has 0 spiro atoms. The van der Waals surface area contributed by atoms with Crippen LogP contribution in [0.4, 0.5) is 0 Å². The summed E-state index contributed by atoms with van der Waals surface area (Å²) in [6.45, 7) is 4.56. The van der Waals surface area contributed by atoms with Crippen LogP contribution in [-0.4, -0.2) is 29.3 Å². The van der Waals surface area contributed by atoms with Crippen LogP contribution in [0.25, 0.3) is 0 Å². The summed E-state index contributed by atoms with van der Waals surface area (Å²) >= 11 is 0. The monoisotopic (exact) mass is 328 g/mol. The molecule has 3 rings (SSSR count). The van der Waals surface area contributed by atoms with Gasteiger partial charge in [0.15, 0.2) is 0 Å². The van der Waals surface area contributed by atoms with E-state index in [0.717, 1.165) is 0 Å². The maximum atomic E-state index is 12.8. The minimum atomic E-state index is -0.215. The molecule has 1 saturated carbocycles. The predicted molar refractivity (Wildman–Crippen MR) is 94.2 cm³/mol. The van der Waals surface area contributed by atoms with E-state index < -0.39 is 0 Å². The molecule has 1 saturated heterocycles. The third kappa shape index (κ3) is 3.63. The summed E-state index contributed by atoms with van der Waals surface area (Å²) in [4.78, 5) is 26.7. The van der Waals surface area contributed by atoms with Gasteiger partial charge in [0.2, 0.25) is 11.8 Å². The number of rotatable bonds is 5. The molecule has 1 aliphatic heterocycles. The first-order valence-electron chi connectivity index (χ1n) is 9.21. The van der Waals surface area contributed by atoms with Crippen LogP contribution in [0, 0.1) is 11.8 Å². The van der Waals surface area contributed by atoms with E-state index in [2.05, 4.69) is 17.4 Å². The molecule has 1 N–H and O–H groups in total. The molecule has 2 aliphatic rings. The van der Waals surface area contributed by atoms with Crippen molar-refractivity contribution in [3.8, 4) is 0 Å². The van der Waals surface area contributed by atoms with Crippen molar-refractivity contribution in [2.24, 2.45) is 11.8 Å². The number of nitrogens with zero attached hydrogens (tertiary/aromatic N) is 1. The average Bonchev–Trinajstić information content (AvgIpc) is 3.22. The normalized spacial score (nSPS) is 23.0. The third-order valence-corrected chi connectivity index (χ3v) is 5.48. The summed E-state index contributed by atoms with van der Waals surface area (Å²) in [6, 6.07) is 10.5. The molecule has 1 aromatic rings. The molecule has 2 atom stereocenters. The van der Waals surface area contributed by atoms with E-state index in [-0.39, 0.29) is 29.8 Å². The number of likely N-dealkylation sites (tertiary alicyclic amines) is 1. The van der Waals surface area contributed by atoms with Crippen molar-refractivity contribution < 1.29 is 9.59 Å². The number of amides is 2. The Balaban J connectivity index is 1.71. The molecule has 24 heavy (non-hydrogen) atoms. The lowest BCUT2D eigenvalue weighted by Crippen LogP contribution is -2.39. The number of carbonyl (C=O) groups excluding carboxylic acids is 2. The van der Waals surface area contributed by atoms with Crippen molar-refractivity contribution in [2.45, 2.75) is 58.0 Å². The minimum Gasteiger partial charge on any atom is -0.349 e. The second-order valence-corrected chi connectivity index (χ2v) is 7.48. The zero-order valence-electron chi connectivity index (χ0n) is 14.7. The molecule has 130 valence electrons. The van der Waals surface area contributed by atoms with Crippen LogP contribution in [0.1, 0.15) is 57.6 Å². The Labute approximate surface area is 144 Å². The van der Waals surface area contributed by atoms with Gasteiger partial charge < -0.3 is 10.2 Å². The van der Waals surface area contributed by atoms with Crippen LogP contribution in [0.5, 0.6) is 0 Å². The highest BCUT2D eigenvalue weighted by atomic mass is 16.2. The fourth-order valence-electron chi connectivity index (χ4n) is 4.10. The Morgan fingerprint density at radius 1 is 1.17 bits per heavy atom. The largest absolute Gasteiger partial charge is 0.349 e. The summed E-state index contributed by atoms with van der Waals surface area (Å²) in [5, 5.41) is 3.28. The summed E-state index contributed by atoms with van der Waals surface area (Å²) in [5.41, 5.74) is 1.18. The minimum absolute atomic E-state index is 0.0345. The Bertz CT molecular complexity index is 579. The predicted octanol–water partition coefficient (Wildman–Crippen LogP) is 3.29. The van der Waals surface area contributed by atoms with Crippen LogP contribution in [0.3, 0.4) is 0 Å². The van der Waals surface area contributed by atoms with Gasteiger partial charge in [0, 0.05) is 19.0 Å². The molecule has 0 bridgehead atoms. The van der Waals surface area contributed by atoms with Crippen molar-refractivity contribution >= 4 is 11.8 Å². The zero-order chi connectivity index (χ0) is 17.1. The van der Waals surface area contributed by atoms with Crippen LogP contribution in [0.15, 0.2) is 30.3 Å². The van der Waals surface area contributed by atoms with E-state index in [1.807, 2.05) is 36.9 Å². The summed E-state index contributed by atoms with van der Waals surface area (Å²) in [7, 11) is 0. The van der Waals surface area contributed by atoms with Crippen molar-refractivity contribution in [3.05, 3.63) is 35.9 Å². The Morgan fingerprint density at radius 2 is 1.83 bits per heavy atom. The van der Waals surface area contributed by atoms with Crippen LogP contribution >= 0.6 is 0 Å². The van der Waals surface area contributed by atoms with Gasteiger partial charge in [-0.15, -0.1) is 0 Å². The van der Waals surface area contributed by atoms with Crippen LogP contribution in [0.2, 0.25) is 0 Å². The van der Waals surface area contributed by atoms with Gasteiger partial charge in [-0.1, -0.05) is 43.2 Å². The first-order valence-corrected chi connectivity index (χ1v) is 9.21. The highest BCUT2D eigenvalue weighted by Gasteiger charge is 2.37. The molecule has 1 aliphatic carbocycles. The van der Waals surface area contributed by atoms with Crippen LogP contribution in [-0.2, 0) is 9.59 Å². The van der Waals surface area contributed by atoms with E-state index in [0.29, 0.717) is 18.9 Å². The van der Waals surface area contributed by atoms with Crippen LogP contribution < -0.4 is 5.32 Å². The Kier molecular flexibility index (Phi) is 5.22. The van der Waals surface area contributed by atoms with E-state index >= 15 is 0 Å². The fraction of sp³-hybridized carbons (Fsp3) is 0.600. The lowest BCUT2D eigenvalue weighted by molar-refractivity contribution is -0.130. The molecular weight excluding hydrogens is 300 g/mol. The molecule has 2 unspecified atom stereocenters. The van der Waals surface area contributed by atoms with Crippen molar-refractivity contribution in [1.82, 2.24) is 10.2 Å². The Hall–Kier alpha value is -1.84. The van der Waals surface area contributed by atoms with Crippen molar-refractivity contribution in [3.63, 3.8) is 0 Å². The summed E-state index contributed by atoms with van der Waals surface area (Å²) < 4.78 is 0. The third-order valence-electron chi connectivity index (χ3n) is 5.48. The number of benzene rings is 1. The van der Waals surface area contributed by atoms with Gasteiger partial charge in [-0.25, -0.2) is 0 Å². The van der Waals surface area contributed by atoms with Gasteiger partial charge in [0.25, 0.3) is 0 Å². The smallest absolute Gasteiger partial charge is 0.225 e. The summed E-state index contributed by atoms with van der Waals surface area (Å²) in [6.07, 6.45) is 5.17. The number of hydrogen-bond acceptors (Lipinski definition) is 2. The number of carbonyl (C=O) groups is 2. The fourth-order valence-corrected chi connectivity index (χ4v) is 4.10. The van der Waals surface area contributed by atoms with Crippen molar-refractivity contribution in [2.75, 3.05) is 6.54 Å². The van der Waals surface area contributed by atoms with E-state index in [9.17, 15) is 9.59 Å². The second kappa shape index (κ2) is 7.37. The molecule has 4 nitrogen and oxygen atoms in total. The van der Waals surface area contributed by atoms with Gasteiger partial charge in [-0.3, -0.25) is 9.59 Å². The maximum absolute atomic E-state index is 12.8. The first-order chi connectivity index (χ1) is 11.6. The van der Waals surface area contributed by atoms with E-state index in [1.165, 1.54) is 31.2 Å². The molecular formula is C20H28N2O2. The molecule has 1 heterocycles. The highest BCUT2D eigenvalue weighted by Crippen LogP contribution is 2.36. The topological polar surface area (TPSA) is 49.4 Å². The zero-order valence-corrected chi connectivity index (χ0v) is 14.7. The molecule has 2 fully saturated rings. The quantitative estimate of drug-likeness (QED) is 0.901. The summed E-state index contributed by atoms with van der Waals surface area (Å²) in [5.74, 6) is 0.428. The molecule has 1 aromatic carbocycles. The maximum Gasteiger partial charge on any atom is 0.225 e. The number of hydrogen-bond donors (Lipinski definition) is 1. The lowest BCUT2D eigenvalue weighted by Gasteiger charge is -2.27. The number of nitrogens with one attached hydrogen (secondary N) is 1. The second-order valence-electron chi connectivity index (χ2n) is 7.48. The lowest BCUT2D eigenvalue weighted by atomic mass is 9.91. The SMILES string of the molecule is CC(C)N1CC(C(=O)NC(c2ccccc2)C2CCCC2)CC1=O. The molecule has 2 amide bonds. The Morgan fingerprint density at radius 3 is 2.42 bits per heavy atom. The van der Waals surface area contributed by atoms with Gasteiger partial charge in [-0.2, -0.15) is 0 Å². The first kappa shape index (κ1) is 17.0. The standard InChI is InChI=1S/C20H28N2O2/c1-14(2)22-13-17(12-18(22)23)20(24)21-19(16-10-6-7-11-16)15-8-4-3-5-9-15/h3-5,8-9,14,16-17,19H,6-7,10-13H2,1-2H3,(H,21,24). The van der Waals surface area contributed by atoms with Gasteiger partial charge in [0.05, 0.1) is 12.0 Å². The molecule has 0 radical (unpaired) electrons. The van der Waals surface area contributed by atoms with Crippen molar-refractivity contribution in [1.29, 1.82) is 0 Å². The van der Waals surface area contributed by atoms with E-state index in [1.54, 1.807) is 0 Å². The van der Waals surface area contributed by atoms with E-state index in [4.69, 9.17) is 0 Å².